The average Bonchev–Trinajstić information content (AvgIpc) is 2.42. The van der Waals surface area contributed by atoms with E-state index in [1.54, 1.807) is 0 Å². The lowest BCUT2D eigenvalue weighted by Crippen LogP contribution is -1.91. The Morgan fingerprint density at radius 2 is 2.23 bits per heavy atom. The number of nitrogen functional groups attached to an aromatic ring is 1. The number of benzene rings is 1. The highest BCUT2D eigenvalue weighted by Crippen LogP contribution is 2.20. The summed E-state index contributed by atoms with van der Waals surface area (Å²) in [5, 5.41) is 5.20. The molecule has 1 aromatic heterocycles. The van der Waals surface area contributed by atoms with E-state index in [4.69, 9.17) is 5.73 Å². The van der Waals surface area contributed by atoms with Crippen molar-refractivity contribution < 1.29 is 0 Å². The maximum atomic E-state index is 5.74. The predicted octanol–water partition coefficient (Wildman–Crippen LogP) is 1.72. The molecule has 0 aliphatic rings. The molecule has 0 unspecified atom stereocenters. The largest absolute Gasteiger partial charge is 0.382 e. The lowest BCUT2D eigenvalue weighted by molar-refractivity contribution is 0.801. The van der Waals surface area contributed by atoms with Crippen molar-refractivity contribution in [3.8, 4) is 0 Å². The van der Waals surface area contributed by atoms with Crippen LogP contribution in [0.2, 0.25) is 0 Å². The summed E-state index contributed by atoms with van der Waals surface area (Å²) in [7, 11) is 1.91. The summed E-state index contributed by atoms with van der Waals surface area (Å²) in [4.78, 5) is 0. The molecule has 3 nitrogen and oxygen atoms in total. The minimum absolute atomic E-state index is 0.611. The minimum atomic E-state index is 0.611. The first kappa shape index (κ1) is 8.10. The average molecular weight is 175 g/mol. The van der Waals surface area contributed by atoms with E-state index < -0.39 is 0 Å². The van der Waals surface area contributed by atoms with Gasteiger partial charge < -0.3 is 5.73 Å². The second kappa shape index (κ2) is 2.76. The van der Waals surface area contributed by atoms with Crippen LogP contribution in [0.25, 0.3) is 10.9 Å². The molecule has 3 heteroatoms. The monoisotopic (exact) mass is 175 g/mol. The molecule has 0 atom stereocenters. The topological polar surface area (TPSA) is 43.8 Å². The Labute approximate surface area is 77.2 Å². The summed E-state index contributed by atoms with van der Waals surface area (Å²) >= 11 is 0. The smallest absolute Gasteiger partial charge is 0.153 e. The van der Waals surface area contributed by atoms with Crippen molar-refractivity contribution in [3.63, 3.8) is 0 Å². The van der Waals surface area contributed by atoms with Crippen LogP contribution in [0, 0.1) is 0 Å². The first-order chi connectivity index (χ1) is 6.22. The zero-order valence-electron chi connectivity index (χ0n) is 7.91. The highest BCUT2D eigenvalue weighted by molar-refractivity contribution is 5.89. The molecule has 0 fully saturated rings. The van der Waals surface area contributed by atoms with Crippen molar-refractivity contribution in [1.29, 1.82) is 0 Å². The third-order valence-corrected chi connectivity index (χ3v) is 2.35. The Hall–Kier alpha value is -1.51. The summed E-state index contributed by atoms with van der Waals surface area (Å²) in [5.41, 5.74) is 8.16. The number of aryl methyl sites for hydroxylation is 2. The van der Waals surface area contributed by atoms with Crippen LogP contribution in [0.4, 0.5) is 5.82 Å². The van der Waals surface area contributed by atoms with Gasteiger partial charge in [0, 0.05) is 12.4 Å². The summed E-state index contributed by atoms with van der Waals surface area (Å²) < 4.78 is 1.82. The highest BCUT2D eigenvalue weighted by atomic mass is 15.3. The maximum absolute atomic E-state index is 5.74. The second-order valence-electron chi connectivity index (χ2n) is 3.21. The lowest BCUT2D eigenvalue weighted by Gasteiger charge is -1.97. The van der Waals surface area contributed by atoms with E-state index in [1.165, 1.54) is 5.56 Å². The van der Waals surface area contributed by atoms with Gasteiger partial charge in [0.05, 0.1) is 5.52 Å². The van der Waals surface area contributed by atoms with E-state index in [1.807, 2.05) is 17.8 Å². The molecule has 68 valence electrons. The molecule has 2 N–H and O–H groups in total. The van der Waals surface area contributed by atoms with Crippen LogP contribution < -0.4 is 5.73 Å². The zero-order valence-corrected chi connectivity index (χ0v) is 7.91. The van der Waals surface area contributed by atoms with Crippen molar-refractivity contribution in [3.05, 3.63) is 23.8 Å². The third kappa shape index (κ3) is 1.16. The van der Waals surface area contributed by atoms with Crippen LogP contribution in [-0.2, 0) is 13.5 Å². The molecule has 0 aliphatic heterocycles. The molecule has 2 aromatic rings. The maximum Gasteiger partial charge on any atom is 0.153 e. The number of fused-ring (bicyclic) bond motifs is 1. The van der Waals surface area contributed by atoms with Gasteiger partial charge in [-0.05, 0) is 24.1 Å². The molecule has 0 bridgehead atoms. The second-order valence-corrected chi connectivity index (χ2v) is 3.21. The number of aromatic nitrogens is 2. The van der Waals surface area contributed by atoms with E-state index in [0.717, 1.165) is 17.3 Å². The molecule has 13 heavy (non-hydrogen) atoms. The molecule has 1 heterocycles. The van der Waals surface area contributed by atoms with Crippen molar-refractivity contribution in [2.45, 2.75) is 13.3 Å². The number of anilines is 1. The fourth-order valence-corrected chi connectivity index (χ4v) is 1.55. The first-order valence-electron chi connectivity index (χ1n) is 4.43. The molecule has 1 aromatic carbocycles. The Morgan fingerprint density at radius 1 is 1.46 bits per heavy atom. The number of nitrogens with zero attached hydrogens (tertiary/aromatic N) is 2. The van der Waals surface area contributed by atoms with E-state index in [-0.39, 0.29) is 0 Å². The van der Waals surface area contributed by atoms with Gasteiger partial charge in [0.2, 0.25) is 0 Å². The van der Waals surface area contributed by atoms with Gasteiger partial charge in [0.15, 0.2) is 5.82 Å². The summed E-state index contributed by atoms with van der Waals surface area (Å²) in [5.74, 6) is 0.611. The summed E-state index contributed by atoms with van der Waals surface area (Å²) in [6.07, 6.45) is 1.04. The molecule has 2 rings (SSSR count). The third-order valence-electron chi connectivity index (χ3n) is 2.35. The summed E-state index contributed by atoms with van der Waals surface area (Å²) in [6.45, 7) is 2.14. The quantitative estimate of drug-likeness (QED) is 0.717. The SMILES string of the molecule is CCc1ccc2c(N)nn(C)c2c1. The molecule has 0 radical (unpaired) electrons. The molecule has 0 aliphatic carbocycles. The molecule has 0 saturated carbocycles. The van der Waals surface area contributed by atoms with Gasteiger partial charge in [-0.2, -0.15) is 5.10 Å². The minimum Gasteiger partial charge on any atom is -0.382 e. The van der Waals surface area contributed by atoms with Gasteiger partial charge in [0.1, 0.15) is 0 Å². The predicted molar refractivity (Wildman–Crippen MR) is 54.5 cm³/mol. The highest BCUT2D eigenvalue weighted by Gasteiger charge is 2.04. The first-order valence-corrected chi connectivity index (χ1v) is 4.43. The van der Waals surface area contributed by atoms with Crippen molar-refractivity contribution in [2.24, 2.45) is 7.05 Å². The van der Waals surface area contributed by atoms with Crippen molar-refractivity contribution in [1.82, 2.24) is 9.78 Å². The van der Waals surface area contributed by atoms with Crippen LogP contribution in [0.5, 0.6) is 0 Å². The fraction of sp³-hybridized carbons (Fsp3) is 0.300. The molecule has 0 amide bonds. The number of hydrogen-bond donors (Lipinski definition) is 1. The van der Waals surface area contributed by atoms with E-state index >= 15 is 0 Å². The Morgan fingerprint density at radius 3 is 2.92 bits per heavy atom. The van der Waals surface area contributed by atoms with Crippen LogP contribution in [-0.4, -0.2) is 9.78 Å². The molecular formula is C10H13N3. The van der Waals surface area contributed by atoms with Crippen molar-refractivity contribution >= 4 is 16.7 Å². The number of hydrogen-bond acceptors (Lipinski definition) is 2. The zero-order chi connectivity index (χ0) is 9.42. The normalized spacial score (nSPS) is 10.9. The van der Waals surface area contributed by atoms with Gasteiger partial charge in [-0.1, -0.05) is 13.0 Å². The van der Waals surface area contributed by atoms with Crippen LogP contribution in [0.3, 0.4) is 0 Å². The Bertz CT molecular complexity index is 443. The van der Waals surface area contributed by atoms with Crippen LogP contribution in [0.15, 0.2) is 18.2 Å². The Kier molecular flexibility index (Phi) is 1.72. The van der Waals surface area contributed by atoms with E-state index in [0.29, 0.717) is 5.82 Å². The lowest BCUT2D eigenvalue weighted by atomic mass is 10.1. The van der Waals surface area contributed by atoms with Crippen LogP contribution in [0.1, 0.15) is 12.5 Å². The molecule has 0 spiro atoms. The Balaban J connectivity index is 2.76. The van der Waals surface area contributed by atoms with Gasteiger partial charge in [-0.3, -0.25) is 4.68 Å². The molecular weight excluding hydrogens is 162 g/mol. The number of nitrogens with two attached hydrogens (primary N) is 1. The van der Waals surface area contributed by atoms with Gasteiger partial charge >= 0.3 is 0 Å². The number of rotatable bonds is 1. The standard InChI is InChI=1S/C10H13N3/c1-3-7-4-5-8-9(6-7)13(2)12-10(8)11/h4-6H,3H2,1-2H3,(H2,11,12). The molecule has 0 saturated heterocycles. The van der Waals surface area contributed by atoms with Gasteiger partial charge in [-0.25, -0.2) is 0 Å². The van der Waals surface area contributed by atoms with Gasteiger partial charge in [0.25, 0.3) is 0 Å². The van der Waals surface area contributed by atoms with Crippen LogP contribution >= 0.6 is 0 Å². The van der Waals surface area contributed by atoms with E-state index in [9.17, 15) is 0 Å². The van der Waals surface area contributed by atoms with Crippen molar-refractivity contribution in [2.75, 3.05) is 5.73 Å². The van der Waals surface area contributed by atoms with E-state index in [2.05, 4.69) is 24.2 Å². The van der Waals surface area contributed by atoms with Gasteiger partial charge in [-0.15, -0.1) is 0 Å². The fourth-order valence-electron chi connectivity index (χ4n) is 1.55. The summed E-state index contributed by atoms with van der Waals surface area (Å²) in [6, 6.07) is 6.27.